The molecule has 3 atom stereocenters. The molecule has 3 rings (SSSR count). The molecule has 0 saturated carbocycles. The van der Waals surface area contributed by atoms with Crippen LogP contribution in [0.1, 0.15) is 48.4 Å². The zero-order valence-electron chi connectivity index (χ0n) is 15.9. The molecule has 2 aromatic rings. The molecular weight excluding hydrogens is 383 g/mol. The summed E-state index contributed by atoms with van der Waals surface area (Å²) in [4.78, 5) is 33.5. The van der Waals surface area contributed by atoms with Gasteiger partial charge in [-0.2, -0.15) is 0 Å². The highest BCUT2D eigenvalue weighted by Gasteiger charge is 2.32. The Morgan fingerprint density at radius 3 is 1.93 bits per heavy atom. The lowest BCUT2D eigenvalue weighted by atomic mass is 9.93. The van der Waals surface area contributed by atoms with E-state index in [9.17, 15) is 19.6 Å². The van der Waals surface area contributed by atoms with Crippen LogP contribution >= 0.6 is 9.03 Å². The van der Waals surface area contributed by atoms with Crippen LogP contribution < -0.4 is 14.0 Å². The number of hydrogen-bond acceptors (Lipinski definition) is 7. The molecule has 0 amide bonds. The zero-order valence-corrected chi connectivity index (χ0v) is 16.9. The van der Waals surface area contributed by atoms with Crippen molar-refractivity contribution in [2.75, 3.05) is 0 Å². The summed E-state index contributed by atoms with van der Waals surface area (Å²) in [5, 5.41) is 10.9. The van der Waals surface area contributed by atoms with Gasteiger partial charge in [-0.1, -0.05) is 0 Å². The Hall–Kier alpha value is -2.63. The Labute approximate surface area is 164 Å². The van der Waals surface area contributed by atoms with E-state index in [1.165, 1.54) is 19.9 Å². The summed E-state index contributed by atoms with van der Waals surface area (Å²) in [6.45, 7) is 6.36. The van der Waals surface area contributed by atoms with Crippen LogP contribution in [0, 0.1) is 0 Å². The first-order chi connectivity index (χ1) is 13.3. The van der Waals surface area contributed by atoms with Crippen LogP contribution in [0.15, 0.2) is 24.3 Å². The maximum atomic E-state index is 12.1. The first-order valence-corrected chi connectivity index (χ1v) is 9.56. The number of aromatic hydroxyl groups is 1. The molecule has 1 aliphatic heterocycles. The molecule has 7 nitrogen and oxygen atoms in total. The summed E-state index contributed by atoms with van der Waals surface area (Å²) in [6, 6.07) is 6.23. The van der Waals surface area contributed by atoms with Crippen molar-refractivity contribution < 1.29 is 33.6 Å². The van der Waals surface area contributed by atoms with E-state index in [0.717, 1.165) is 0 Å². The summed E-state index contributed by atoms with van der Waals surface area (Å²) in [6.07, 6.45) is -0.708. The van der Waals surface area contributed by atoms with Gasteiger partial charge < -0.3 is 24.0 Å². The van der Waals surface area contributed by atoms with Crippen molar-refractivity contribution in [3.63, 3.8) is 0 Å². The van der Waals surface area contributed by atoms with Gasteiger partial charge in [-0.3, -0.25) is 9.59 Å². The second-order valence-corrected chi connectivity index (χ2v) is 6.99. The molecule has 2 N–H and O–H groups in total. The average Bonchev–Trinajstić information content (AvgIpc) is 2.61. The smallest absolute Gasteiger partial charge is 0.212 e. The first-order valence-electron chi connectivity index (χ1n) is 8.70. The molecule has 0 fully saturated rings. The van der Waals surface area contributed by atoms with E-state index >= 15 is 0 Å². The van der Waals surface area contributed by atoms with E-state index in [1.807, 2.05) is 13.8 Å². The Bertz CT molecular complexity index is 954. The van der Waals surface area contributed by atoms with Crippen molar-refractivity contribution >= 4 is 20.6 Å². The molecule has 28 heavy (non-hydrogen) atoms. The van der Waals surface area contributed by atoms with Crippen LogP contribution in [0.2, 0.25) is 0 Å². The predicted octanol–water partition coefficient (Wildman–Crippen LogP) is 3.89. The Balaban J connectivity index is 2.44. The van der Waals surface area contributed by atoms with E-state index in [0.29, 0.717) is 11.5 Å². The summed E-state index contributed by atoms with van der Waals surface area (Å²) < 4.78 is 17.3. The van der Waals surface area contributed by atoms with Crippen LogP contribution in [-0.4, -0.2) is 33.8 Å². The number of benzene rings is 2. The van der Waals surface area contributed by atoms with Crippen LogP contribution in [0.25, 0.3) is 11.1 Å². The maximum absolute atomic E-state index is 12.1. The minimum atomic E-state index is -0.940. The number of carbonyl (C=O) groups is 2. The minimum absolute atomic E-state index is 0.0634. The second kappa shape index (κ2) is 7.78. The Kier molecular flexibility index (Phi) is 5.59. The molecule has 0 aromatic heterocycles. The van der Waals surface area contributed by atoms with E-state index < -0.39 is 9.03 Å². The van der Waals surface area contributed by atoms with Gasteiger partial charge in [-0.25, -0.2) is 0 Å². The molecule has 0 bridgehead atoms. The molecule has 1 heterocycles. The fourth-order valence-electron chi connectivity index (χ4n) is 3.12. The number of carbonyl (C=O) groups excluding carboxylic acids is 2. The molecule has 8 heteroatoms. The lowest BCUT2D eigenvalue weighted by Crippen LogP contribution is -2.32. The number of rotatable bonds is 4. The van der Waals surface area contributed by atoms with E-state index in [1.54, 1.807) is 18.2 Å². The largest absolute Gasteiger partial charge is 0.506 e. The highest BCUT2D eigenvalue weighted by atomic mass is 31.1. The van der Waals surface area contributed by atoms with Gasteiger partial charge in [0.25, 0.3) is 0 Å². The molecule has 1 aliphatic rings. The fraction of sp³-hybridized carbons (Fsp3) is 0.300. The third-order valence-electron chi connectivity index (χ3n) is 4.70. The third-order valence-corrected chi connectivity index (χ3v) is 5.00. The molecule has 148 valence electrons. The van der Waals surface area contributed by atoms with Gasteiger partial charge in [-0.15, -0.1) is 0 Å². The summed E-state index contributed by atoms with van der Waals surface area (Å²) in [7, 11) is -0.940. The standard InChI is InChI=1S/C20H21O7P/c1-9(21)13-5-7-15-17(19(13)23)18-16(26-12(4)11(3)25-15)8-6-14(10(2)22)20(18)27-28-24/h5-8,11-12,23-24,28H,1-4H3/t11?,12-/m0/s1. The number of phenolic OH excluding ortho intramolecular Hbond substituents is 1. The van der Waals surface area contributed by atoms with E-state index in [2.05, 4.69) is 0 Å². The number of hydrogen-bond donors (Lipinski definition) is 2. The normalized spacial score (nSPS) is 18.3. The lowest BCUT2D eigenvalue weighted by molar-refractivity contribution is 0.0756. The molecule has 0 aliphatic carbocycles. The van der Waals surface area contributed by atoms with Crippen molar-refractivity contribution in [1.29, 1.82) is 0 Å². The molecule has 0 spiro atoms. The summed E-state index contributed by atoms with van der Waals surface area (Å²) in [5.41, 5.74) is 0.741. The molecule has 2 aromatic carbocycles. The molecule has 0 radical (unpaired) electrons. The number of Topliss-reactive ketones (excluding diaryl/α,β-unsaturated/α-hetero) is 2. The Morgan fingerprint density at radius 2 is 1.43 bits per heavy atom. The average molecular weight is 404 g/mol. The summed E-state index contributed by atoms with van der Waals surface area (Å²) >= 11 is 0. The summed E-state index contributed by atoms with van der Waals surface area (Å²) in [5.74, 6) is -0.196. The highest BCUT2D eigenvalue weighted by molar-refractivity contribution is 7.25. The second-order valence-electron chi connectivity index (χ2n) is 6.60. The van der Waals surface area contributed by atoms with Crippen LogP contribution in [0.5, 0.6) is 23.0 Å². The number of fused-ring (bicyclic) bond motifs is 3. The van der Waals surface area contributed by atoms with Gasteiger partial charge in [0, 0.05) is 0 Å². The van der Waals surface area contributed by atoms with Gasteiger partial charge in [0.2, 0.25) is 9.03 Å². The predicted molar refractivity (Wildman–Crippen MR) is 105 cm³/mol. The quantitative estimate of drug-likeness (QED) is 0.589. The van der Waals surface area contributed by atoms with Crippen molar-refractivity contribution in [3.8, 4) is 34.1 Å². The van der Waals surface area contributed by atoms with Gasteiger partial charge in [0.05, 0.1) is 22.3 Å². The van der Waals surface area contributed by atoms with Gasteiger partial charge in [0.15, 0.2) is 11.6 Å². The maximum Gasteiger partial charge on any atom is 0.212 e. The molecular formula is C20H21O7P. The van der Waals surface area contributed by atoms with Crippen LogP contribution in [-0.2, 0) is 0 Å². The van der Waals surface area contributed by atoms with Gasteiger partial charge in [-0.05, 0) is 52.0 Å². The van der Waals surface area contributed by atoms with Gasteiger partial charge >= 0.3 is 0 Å². The zero-order chi connectivity index (χ0) is 20.6. The van der Waals surface area contributed by atoms with Crippen molar-refractivity contribution in [2.24, 2.45) is 0 Å². The van der Waals surface area contributed by atoms with Crippen molar-refractivity contribution in [1.82, 2.24) is 0 Å². The van der Waals surface area contributed by atoms with E-state index in [4.69, 9.17) is 14.0 Å². The van der Waals surface area contributed by atoms with Gasteiger partial charge in [0.1, 0.15) is 35.2 Å². The first kappa shape index (κ1) is 20.1. The highest BCUT2D eigenvalue weighted by Crippen LogP contribution is 2.52. The topological polar surface area (TPSA) is 102 Å². The van der Waals surface area contributed by atoms with Crippen molar-refractivity contribution in [2.45, 2.75) is 39.9 Å². The fourth-order valence-corrected chi connectivity index (χ4v) is 3.42. The minimum Gasteiger partial charge on any atom is -0.506 e. The third kappa shape index (κ3) is 3.43. The lowest BCUT2D eigenvalue weighted by Gasteiger charge is -2.30. The monoisotopic (exact) mass is 404 g/mol. The SMILES string of the molecule is CC(=O)c1ccc2c(c1O)-c1c(ccc(C(C)=O)c1OPO)O[C@@H](C)C(C)O2. The molecule has 0 saturated heterocycles. The van der Waals surface area contributed by atoms with Crippen LogP contribution in [0.3, 0.4) is 0 Å². The van der Waals surface area contributed by atoms with Crippen LogP contribution in [0.4, 0.5) is 0 Å². The Morgan fingerprint density at radius 1 is 0.929 bits per heavy atom. The number of ether oxygens (including phenoxy) is 2. The number of ketones is 2. The van der Waals surface area contributed by atoms with Crippen molar-refractivity contribution in [3.05, 3.63) is 35.4 Å². The van der Waals surface area contributed by atoms with E-state index in [-0.39, 0.29) is 57.5 Å². The molecule has 2 unspecified atom stereocenters. The number of phenols is 1.